The first-order valence-corrected chi connectivity index (χ1v) is 11.7. The minimum Gasteiger partial charge on any atom is -0.394 e. The highest BCUT2D eigenvalue weighted by Gasteiger charge is 2.39. The van der Waals surface area contributed by atoms with Gasteiger partial charge in [0.2, 0.25) is 5.91 Å². The van der Waals surface area contributed by atoms with Gasteiger partial charge in [-0.15, -0.1) is 0 Å². The summed E-state index contributed by atoms with van der Waals surface area (Å²) in [7, 11) is 0. The fraction of sp³-hybridized carbons (Fsp3) is 0.538. The van der Waals surface area contributed by atoms with Gasteiger partial charge in [-0.25, -0.2) is 0 Å². The number of amides is 1. The second kappa shape index (κ2) is 14.8. The molecule has 0 unspecified atom stereocenters. The van der Waals surface area contributed by atoms with Crippen LogP contribution in [-0.4, -0.2) is 63.6 Å². The topological polar surface area (TPSA) is 127 Å². The van der Waals surface area contributed by atoms with E-state index in [2.05, 4.69) is 5.32 Å². The van der Waals surface area contributed by atoms with Crippen molar-refractivity contribution in [3.05, 3.63) is 60.2 Å². The fourth-order valence-electron chi connectivity index (χ4n) is 4.03. The Kier molecular flexibility index (Phi) is 12.0. The van der Waals surface area contributed by atoms with E-state index in [1.165, 1.54) is 0 Å². The maximum absolute atomic E-state index is 12.3. The molecular formula is C26H37NO6. The first-order chi connectivity index (χ1) is 15.9. The summed E-state index contributed by atoms with van der Waals surface area (Å²) < 4.78 is 0. The van der Waals surface area contributed by atoms with E-state index in [0.29, 0.717) is 25.7 Å². The van der Waals surface area contributed by atoms with E-state index >= 15 is 0 Å². The number of Topliss-reactive ketones (excluding diaryl/α,β-unsaturated/α-hetero) is 1. The van der Waals surface area contributed by atoms with E-state index in [9.17, 15) is 19.8 Å². The van der Waals surface area contributed by atoms with Crippen LogP contribution >= 0.6 is 0 Å². The standard InChI is InChI=1S/C26H37NO6/c28-17-20(18-29)27-26(33)11-7-2-1-6-10-22-23(25(32)16-24(22)31)15-14-21(30)13-12-19-8-4-3-5-9-19/h1,3-6,8-9,14-15,20-23,25,28-30,32H,2,7,10-13,16-18H2,(H,27,33)/t21-,22+,23+,25+/m0/s1. The molecule has 33 heavy (non-hydrogen) atoms. The SMILES string of the molecule is O=C(CCCC=CC[C@H]1C(=O)C[C@@H](O)[C@@H]1C=C[C@@H](O)CCc1ccccc1)NC(CO)CO. The van der Waals surface area contributed by atoms with Gasteiger partial charge < -0.3 is 25.7 Å². The molecule has 1 aliphatic carbocycles. The number of hydrogen-bond donors (Lipinski definition) is 5. The molecule has 0 spiro atoms. The molecule has 0 saturated heterocycles. The molecular weight excluding hydrogens is 422 g/mol. The number of carbonyl (C=O) groups excluding carboxylic acids is 2. The van der Waals surface area contributed by atoms with Crippen molar-refractivity contribution in [3.8, 4) is 0 Å². The summed E-state index contributed by atoms with van der Waals surface area (Å²) >= 11 is 0. The molecule has 1 aromatic carbocycles. The molecule has 2 rings (SSSR count). The van der Waals surface area contributed by atoms with Crippen molar-refractivity contribution in [3.63, 3.8) is 0 Å². The van der Waals surface area contributed by atoms with E-state index in [-0.39, 0.29) is 49.6 Å². The van der Waals surface area contributed by atoms with E-state index in [1.54, 1.807) is 12.2 Å². The van der Waals surface area contributed by atoms with Gasteiger partial charge in [0.05, 0.1) is 31.5 Å². The van der Waals surface area contributed by atoms with Crippen molar-refractivity contribution >= 4 is 11.7 Å². The van der Waals surface area contributed by atoms with Gasteiger partial charge in [0.25, 0.3) is 0 Å². The maximum Gasteiger partial charge on any atom is 0.220 e. The second-order valence-corrected chi connectivity index (χ2v) is 8.63. The van der Waals surface area contributed by atoms with Crippen molar-refractivity contribution in [1.82, 2.24) is 5.32 Å². The molecule has 0 heterocycles. The molecule has 1 fully saturated rings. The van der Waals surface area contributed by atoms with Gasteiger partial charge in [-0.1, -0.05) is 54.6 Å². The smallest absolute Gasteiger partial charge is 0.220 e. The third-order valence-electron chi connectivity index (χ3n) is 6.00. The molecule has 5 N–H and O–H groups in total. The third-order valence-corrected chi connectivity index (χ3v) is 6.00. The van der Waals surface area contributed by atoms with Crippen molar-refractivity contribution < 1.29 is 30.0 Å². The first kappa shape index (κ1) is 26.9. The van der Waals surface area contributed by atoms with Crippen LogP contribution < -0.4 is 5.32 Å². The van der Waals surface area contributed by atoms with Crippen LogP contribution in [0.3, 0.4) is 0 Å². The zero-order valence-corrected chi connectivity index (χ0v) is 19.1. The number of unbranched alkanes of at least 4 members (excludes halogenated alkanes) is 1. The summed E-state index contributed by atoms with van der Waals surface area (Å²) in [6.45, 7) is -0.605. The highest BCUT2D eigenvalue weighted by molar-refractivity contribution is 5.84. The van der Waals surface area contributed by atoms with Crippen molar-refractivity contribution in [2.24, 2.45) is 11.8 Å². The van der Waals surface area contributed by atoms with E-state index < -0.39 is 18.2 Å². The van der Waals surface area contributed by atoms with Gasteiger partial charge in [-0.2, -0.15) is 0 Å². The number of aryl methyl sites for hydroxylation is 1. The molecule has 1 amide bonds. The number of nitrogens with one attached hydrogen (secondary N) is 1. The van der Waals surface area contributed by atoms with Crippen molar-refractivity contribution in [2.45, 2.75) is 63.2 Å². The lowest BCUT2D eigenvalue weighted by Gasteiger charge is -2.16. The molecule has 1 saturated carbocycles. The number of allylic oxidation sites excluding steroid dienone is 2. The second-order valence-electron chi connectivity index (χ2n) is 8.63. The van der Waals surface area contributed by atoms with Crippen LogP contribution in [0.1, 0.15) is 44.1 Å². The van der Waals surface area contributed by atoms with Crippen LogP contribution in [0.15, 0.2) is 54.6 Å². The monoisotopic (exact) mass is 459 g/mol. The molecule has 0 aliphatic heterocycles. The summed E-state index contributed by atoms with van der Waals surface area (Å²) in [5.74, 6) is -0.819. The van der Waals surface area contributed by atoms with Gasteiger partial charge in [-0.05, 0) is 37.7 Å². The lowest BCUT2D eigenvalue weighted by molar-refractivity contribution is -0.122. The minimum atomic E-state index is -0.733. The summed E-state index contributed by atoms with van der Waals surface area (Å²) in [5, 5.41) is 41.1. The van der Waals surface area contributed by atoms with Gasteiger partial charge in [-0.3, -0.25) is 9.59 Å². The zero-order valence-electron chi connectivity index (χ0n) is 19.1. The Morgan fingerprint density at radius 1 is 1.15 bits per heavy atom. The molecule has 7 nitrogen and oxygen atoms in total. The van der Waals surface area contributed by atoms with Crippen LogP contribution in [0.2, 0.25) is 0 Å². The summed E-state index contributed by atoms with van der Waals surface area (Å²) in [5.41, 5.74) is 1.16. The maximum atomic E-state index is 12.3. The molecule has 0 aromatic heterocycles. The Balaban J connectivity index is 1.75. The Bertz CT molecular complexity index is 774. The third kappa shape index (κ3) is 9.60. The lowest BCUT2D eigenvalue weighted by Crippen LogP contribution is -2.39. The van der Waals surface area contributed by atoms with E-state index in [1.807, 2.05) is 42.5 Å². The van der Waals surface area contributed by atoms with Crippen molar-refractivity contribution in [2.75, 3.05) is 13.2 Å². The number of aliphatic hydroxyl groups excluding tert-OH is 4. The number of hydrogen-bond acceptors (Lipinski definition) is 6. The lowest BCUT2D eigenvalue weighted by atomic mass is 9.90. The predicted octanol–water partition coefficient (Wildman–Crippen LogP) is 1.69. The van der Waals surface area contributed by atoms with Crippen LogP contribution in [-0.2, 0) is 16.0 Å². The average molecular weight is 460 g/mol. The van der Waals surface area contributed by atoms with Crippen LogP contribution in [0.25, 0.3) is 0 Å². The molecule has 4 atom stereocenters. The van der Waals surface area contributed by atoms with Gasteiger partial charge in [0.15, 0.2) is 0 Å². The highest BCUT2D eigenvalue weighted by atomic mass is 16.3. The number of aliphatic hydroxyl groups is 4. The largest absolute Gasteiger partial charge is 0.394 e. The molecule has 0 bridgehead atoms. The number of benzene rings is 1. The summed E-state index contributed by atoms with van der Waals surface area (Å²) in [6.07, 6.45) is 9.48. The Hall–Kier alpha value is -2.32. The molecule has 1 aliphatic rings. The fourth-order valence-corrected chi connectivity index (χ4v) is 4.03. The minimum absolute atomic E-state index is 0.0269. The summed E-state index contributed by atoms with van der Waals surface area (Å²) in [6, 6.07) is 9.30. The normalized spacial score (nSPS) is 22.0. The van der Waals surface area contributed by atoms with E-state index in [0.717, 1.165) is 12.0 Å². The number of ketones is 1. The highest BCUT2D eigenvalue weighted by Crippen LogP contribution is 2.33. The van der Waals surface area contributed by atoms with Gasteiger partial charge >= 0.3 is 0 Å². The Morgan fingerprint density at radius 3 is 2.58 bits per heavy atom. The molecule has 0 radical (unpaired) electrons. The van der Waals surface area contributed by atoms with E-state index in [4.69, 9.17) is 10.2 Å². The van der Waals surface area contributed by atoms with Crippen molar-refractivity contribution in [1.29, 1.82) is 0 Å². The summed E-state index contributed by atoms with van der Waals surface area (Å²) in [4.78, 5) is 24.1. The van der Waals surface area contributed by atoms with Crippen LogP contribution in [0.5, 0.6) is 0 Å². The quantitative estimate of drug-likeness (QED) is 0.213. The Labute approximate surface area is 195 Å². The molecule has 7 heteroatoms. The van der Waals surface area contributed by atoms with Gasteiger partial charge in [0.1, 0.15) is 5.78 Å². The number of carbonyl (C=O) groups is 2. The van der Waals surface area contributed by atoms with Gasteiger partial charge in [0, 0.05) is 24.7 Å². The number of rotatable bonds is 14. The van der Waals surface area contributed by atoms with Crippen LogP contribution in [0.4, 0.5) is 0 Å². The van der Waals surface area contributed by atoms with Crippen LogP contribution in [0, 0.1) is 11.8 Å². The predicted molar refractivity (Wildman–Crippen MR) is 126 cm³/mol. The molecule has 182 valence electrons. The molecule has 1 aromatic rings. The average Bonchev–Trinajstić information content (AvgIpc) is 3.09. The zero-order chi connectivity index (χ0) is 24.1. The first-order valence-electron chi connectivity index (χ1n) is 11.7. The Morgan fingerprint density at radius 2 is 1.88 bits per heavy atom.